The van der Waals surface area contributed by atoms with E-state index >= 15 is 0 Å². The zero-order chi connectivity index (χ0) is 32.0. The first kappa shape index (κ1) is 30.3. The number of nitriles is 1. The van der Waals surface area contributed by atoms with E-state index in [0.717, 1.165) is 22.3 Å². The van der Waals surface area contributed by atoms with Gasteiger partial charge in [-0.1, -0.05) is 103 Å². The molecule has 0 aromatic heterocycles. The summed E-state index contributed by atoms with van der Waals surface area (Å²) in [4.78, 5) is 13.6. The number of carbonyl (C=O) groups is 1. The fourth-order valence-corrected chi connectivity index (χ4v) is 5.72. The zero-order valence-corrected chi connectivity index (χ0v) is 25.6. The van der Waals surface area contributed by atoms with Gasteiger partial charge in [0.25, 0.3) is 0 Å². The first-order valence-corrected chi connectivity index (χ1v) is 14.9. The van der Waals surface area contributed by atoms with E-state index in [-0.39, 0.29) is 23.8 Å². The van der Waals surface area contributed by atoms with Gasteiger partial charge in [-0.15, -0.1) is 0 Å². The smallest absolute Gasteiger partial charge is 0.323 e. The number of benzene rings is 5. The summed E-state index contributed by atoms with van der Waals surface area (Å²) in [5.74, 6) is -0.0144. The standard InChI is InChI=1S/C38H29ClN2O5/c1-43-34-20-26(16-19-32(34)44-23-27-14-8-9-15-31(27)39)36-29-18-17-28(21-33(29)46-37(41)30(36)22-40)45-38(42)35(24-10-4-2-5-11-24)25-12-6-3-7-13-25/h2-21,35-36H,23,41H2,1H3. The molecule has 46 heavy (non-hydrogen) atoms. The third-order valence-corrected chi connectivity index (χ3v) is 8.14. The zero-order valence-electron chi connectivity index (χ0n) is 24.9. The molecule has 1 heterocycles. The summed E-state index contributed by atoms with van der Waals surface area (Å²) in [5, 5.41) is 10.7. The quantitative estimate of drug-likeness (QED) is 0.131. The van der Waals surface area contributed by atoms with E-state index in [1.54, 1.807) is 37.4 Å². The highest BCUT2D eigenvalue weighted by atomic mass is 35.5. The molecule has 0 fully saturated rings. The molecule has 0 bridgehead atoms. The number of hydrogen-bond acceptors (Lipinski definition) is 7. The van der Waals surface area contributed by atoms with E-state index in [2.05, 4.69) is 6.07 Å². The first-order valence-electron chi connectivity index (χ1n) is 14.5. The number of fused-ring (bicyclic) bond motifs is 1. The van der Waals surface area contributed by atoms with Gasteiger partial charge in [0.2, 0.25) is 5.88 Å². The van der Waals surface area contributed by atoms with Crippen molar-refractivity contribution >= 4 is 17.6 Å². The highest BCUT2D eigenvalue weighted by Gasteiger charge is 2.32. The van der Waals surface area contributed by atoms with Crippen LogP contribution in [0.25, 0.3) is 0 Å². The molecule has 0 spiro atoms. The average Bonchev–Trinajstić information content (AvgIpc) is 3.08. The topological polar surface area (TPSA) is 104 Å². The third-order valence-electron chi connectivity index (χ3n) is 7.77. The van der Waals surface area contributed by atoms with Gasteiger partial charge in [-0.25, -0.2) is 0 Å². The van der Waals surface area contributed by atoms with Gasteiger partial charge in [0.05, 0.1) is 13.0 Å². The summed E-state index contributed by atoms with van der Waals surface area (Å²) in [5.41, 5.74) is 10.4. The van der Waals surface area contributed by atoms with Gasteiger partial charge >= 0.3 is 5.97 Å². The fourth-order valence-electron chi connectivity index (χ4n) is 5.53. The van der Waals surface area contributed by atoms with Gasteiger partial charge in [0.1, 0.15) is 35.7 Å². The summed E-state index contributed by atoms with van der Waals surface area (Å²) >= 11 is 6.30. The molecule has 2 N–H and O–H groups in total. The number of nitrogens with two attached hydrogens (primary N) is 1. The Morgan fingerprint density at radius 2 is 1.57 bits per heavy atom. The minimum absolute atomic E-state index is 0.0343. The summed E-state index contributed by atoms with van der Waals surface area (Å²) in [6, 6.07) is 39.1. The van der Waals surface area contributed by atoms with Crippen LogP contribution in [0.15, 0.2) is 133 Å². The molecule has 7 nitrogen and oxygen atoms in total. The molecule has 5 aromatic rings. The molecular weight excluding hydrogens is 600 g/mol. The molecule has 1 unspecified atom stereocenters. The molecule has 5 aromatic carbocycles. The Balaban J connectivity index is 1.29. The number of methoxy groups -OCH3 is 1. The minimum atomic E-state index is -0.631. The predicted molar refractivity (Wildman–Crippen MR) is 175 cm³/mol. The number of esters is 1. The van der Waals surface area contributed by atoms with Crippen molar-refractivity contribution in [1.82, 2.24) is 0 Å². The largest absolute Gasteiger partial charge is 0.493 e. The molecule has 6 rings (SSSR count). The van der Waals surface area contributed by atoms with Crippen LogP contribution in [0, 0.1) is 11.3 Å². The van der Waals surface area contributed by atoms with Crippen LogP contribution in [0.1, 0.15) is 39.7 Å². The second kappa shape index (κ2) is 13.5. The number of nitrogens with zero attached hydrogens (tertiary/aromatic N) is 1. The lowest BCUT2D eigenvalue weighted by molar-refractivity contribution is -0.135. The number of halogens is 1. The normalized spacial score (nSPS) is 13.7. The van der Waals surface area contributed by atoms with Crippen LogP contribution < -0.4 is 24.7 Å². The van der Waals surface area contributed by atoms with Crippen LogP contribution in [-0.4, -0.2) is 13.1 Å². The van der Waals surface area contributed by atoms with E-state index in [4.69, 9.17) is 36.3 Å². The highest BCUT2D eigenvalue weighted by Crippen LogP contribution is 2.45. The van der Waals surface area contributed by atoms with E-state index in [1.807, 2.05) is 91.0 Å². The lowest BCUT2D eigenvalue weighted by Gasteiger charge is -2.27. The lowest BCUT2D eigenvalue weighted by Crippen LogP contribution is -2.22. The fraction of sp³-hybridized carbons (Fsp3) is 0.105. The number of ether oxygens (including phenoxy) is 4. The maximum atomic E-state index is 13.6. The van der Waals surface area contributed by atoms with Gasteiger partial charge in [-0.2, -0.15) is 5.26 Å². The molecule has 1 aliphatic rings. The van der Waals surface area contributed by atoms with Crippen molar-refractivity contribution in [2.24, 2.45) is 5.73 Å². The van der Waals surface area contributed by atoms with Crippen molar-refractivity contribution in [3.63, 3.8) is 0 Å². The van der Waals surface area contributed by atoms with E-state index in [9.17, 15) is 10.1 Å². The third kappa shape index (κ3) is 6.25. The molecule has 8 heteroatoms. The van der Waals surface area contributed by atoms with Crippen LogP contribution >= 0.6 is 11.6 Å². The average molecular weight is 629 g/mol. The van der Waals surface area contributed by atoms with Gasteiger partial charge in [-0.05, 0) is 41.0 Å². The van der Waals surface area contributed by atoms with Gasteiger partial charge in [0, 0.05) is 22.2 Å². The molecule has 0 saturated carbocycles. The Bertz CT molecular complexity index is 1910. The second-order valence-corrected chi connectivity index (χ2v) is 11.0. The summed E-state index contributed by atoms with van der Waals surface area (Å²) in [6.45, 7) is 0.253. The molecule has 0 aliphatic carbocycles. The van der Waals surface area contributed by atoms with Crippen molar-refractivity contribution < 1.29 is 23.7 Å². The van der Waals surface area contributed by atoms with Crippen LogP contribution in [0.2, 0.25) is 5.02 Å². The predicted octanol–water partition coefficient (Wildman–Crippen LogP) is 7.88. The first-order chi connectivity index (χ1) is 22.5. The van der Waals surface area contributed by atoms with E-state index in [1.165, 1.54) is 0 Å². The Kier molecular flexibility index (Phi) is 8.91. The molecule has 1 aliphatic heterocycles. The van der Waals surface area contributed by atoms with Crippen LogP contribution in [0.3, 0.4) is 0 Å². The highest BCUT2D eigenvalue weighted by molar-refractivity contribution is 6.31. The summed E-state index contributed by atoms with van der Waals surface area (Å²) < 4.78 is 23.5. The monoisotopic (exact) mass is 628 g/mol. The van der Waals surface area contributed by atoms with Crippen LogP contribution in [0.5, 0.6) is 23.0 Å². The number of rotatable bonds is 9. The Hall–Kier alpha value is -5.71. The number of hydrogen-bond donors (Lipinski definition) is 1. The Labute approximate surface area is 272 Å². The maximum Gasteiger partial charge on any atom is 0.323 e. The van der Waals surface area contributed by atoms with Gasteiger partial charge < -0.3 is 24.7 Å². The summed E-state index contributed by atoms with van der Waals surface area (Å²) in [6.07, 6.45) is 0. The van der Waals surface area contributed by atoms with Gasteiger partial charge in [-0.3, -0.25) is 4.79 Å². The molecule has 0 radical (unpaired) electrons. The van der Waals surface area contributed by atoms with Crippen molar-refractivity contribution in [2.75, 3.05) is 7.11 Å². The van der Waals surface area contributed by atoms with Crippen molar-refractivity contribution in [1.29, 1.82) is 5.26 Å². The molecule has 0 amide bonds. The molecular formula is C38H29ClN2O5. The van der Waals surface area contributed by atoms with Crippen molar-refractivity contribution in [2.45, 2.75) is 18.4 Å². The minimum Gasteiger partial charge on any atom is -0.493 e. The number of carbonyl (C=O) groups excluding carboxylic acids is 1. The SMILES string of the molecule is COc1cc(C2C(C#N)=C(N)Oc3cc(OC(=O)C(c4ccccc4)c4ccccc4)ccc32)ccc1OCc1ccccc1Cl. The molecule has 1 atom stereocenters. The molecule has 0 saturated heterocycles. The van der Waals surface area contributed by atoms with Crippen molar-refractivity contribution in [3.8, 4) is 29.1 Å². The lowest BCUT2D eigenvalue weighted by atomic mass is 9.83. The van der Waals surface area contributed by atoms with Crippen molar-refractivity contribution in [3.05, 3.63) is 166 Å². The number of allylic oxidation sites excluding steroid dienone is 1. The maximum absolute atomic E-state index is 13.6. The van der Waals surface area contributed by atoms with Crippen LogP contribution in [-0.2, 0) is 11.4 Å². The second-order valence-electron chi connectivity index (χ2n) is 10.6. The van der Waals surface area contributed by atoms with Gasteiger partial charge in [0.15, 0.2) is 11.5 Å². The Morgan fingerprint density at radius 1 is 0.891 bits per heavy atom. The molecule has 228 valence electrons. The Morgan fingerprint density at radius 3 is 2.22 bits per heavy atom. The van der Waals surface area contributed by atoms with E-state index < -0.39 is 17.8 Å². The van der Waals surface area contributed by atoms with E-state index in [0.29, 0.717) is 27.8 Å². The van der Waals surface area contributed by atoms with Crippen LogP contribution in [0.4, 0.5) is 0 Å². The summed E-state index contributed by atoms with van der Waals surface area (Å²) in [7, 11) is 1.55.